The molecule has 0 bridgehead atoms. The summed E-state index contributed by atoms with van der Waals surface area (Å²) in [5, 5.41) is 11.5. The fraction of sp³-hybridized carbons (Fsp3) is 0.111. The van der Waals surface area contributed by atoms with Crippen LogP contribution in [0.1, 0.15) is 26.5 Å². The van der Waals surface area contributed by atoms with Gasteiger partial charge in [0.25, 0.3) is 0 Å². The number of carboxylic acids is 1. The van der Waals surface area contributed by atoms with E-state index in [0.717, 1.165) is 22.7 Å². The monoisotopic (exact) mass is 363 g/mol. The predicted octanol–water partition coefficient (Wildman–Crippen LogP) is 5.12. The molecule has 128 valence electrons. The van der Waals surface area contributed by atoms with Crippen molar-refractivity contribution in [1.82, 2.24) is 4.98 Å². The molecule has 0 aliphatic rings. The van der Waals surface area contributed by atoms with Crippen molar-refractivity contribution >= 4 is 17.3 Å². The van der Waals surface area contributed by atoms with Gasteiger partial charge >= 0.3 is 12.1 Å². The average Bonchev–Trinajstić information content (AvgIpc) is 3.03. The fourth-order valence-corrected chi connectivity index (χ4v) is 3.13. The summed E-state index contributed by atoms with van der Waals surface area (Å²) in [5.41, 5.74) is 1.68. The number of alkyl halides is 3. The largest absolute Gasteiger partial charge is 0.478 e. The van der Waals surface area contributed by atoms with Crippen molar-refractivity contribution in [3.63, 3.8) is 0 Å². The van der Waals surface area contributed by atoms with Gasteiger partial charge in [0.1, 0.15) is 0 Å². The second-order valence-corrected chi connectivity index (χ2v) is 6.32. The number of aromatic nitrogens is 1. The average molecular weight is 363 g/mol. The van der Waals surface area contributed by atoms with Crippen LogP contribution < -0.4 is 0 Å². The molecule has 0 saturated heterocycles. The molecule has 0 aliphatic carbocycles. The quantitative estimate of drug-likeness (QED) is 0.700. The summed E-state index contributed by atoms with van der Waals surface area (Å²) >= 11 is 1.41. The molecule has 25 heavy (non-hydrogen) atoms. The van der Waals surface area contributed by atoms with Crippen molar-refractivity contribution in [2.45, 2.75) is 12.6 Å². The number of thiazole rings is 1. The van der Waals surface area contributed by atoms with Gasteiger partial charge in [-0.05, 0) is 29.8 Å². The summed E-state index contributed by atoms with van der Waals surface area (Å²) in [4.78, 5) is 15.3. The Morgan fingerprint density at radius 2 is 1.68 bits per heavy atom. The minimum Gasteiger partial charge on any atom is -0.478 e. The van der Waals surface area contributed by atoms with Gasteiger partial charge in [0.15, 0.2) is 0 Å². The predicted molar refractivity (Wildman–Crippen MR) is 88.8 cm³/mol. The Morgan fingerprint density at radius 1 is 1.04 bits per heavy atom. The first-order chi connectivity index (χ1) is 11.8. The molecule has 1 heterocycles. The lowest BCUT2D eigenvalue weighted by Crippen LogP contribution is -2.04. The van der Waals surface area contributed by atoms with Crippen LogP contribution in [0.4, 0.5) is 13.2 Å². The molecule has 1 aromatic heterocycles. The Morgan fingerprint density at radius 3 is 2.24 bits per heavy atom. The Kier molecular flexibility index (Phi) is 4.59. The third-order valence-corrected chi connectivity index (χ3v) is 4.46. The molecular formula is C18H12F3NO2S. The molecule has 0 amide bonds. The fourth-order valence-electron chi connectivity index (χ4n) is 2.29. The number of aromatic carboxylic acids is 1. The van der Waals surface area contributed by atoms with Gasteiger partial charge in [-0.25, -0.2) is 9.78 Å². The van der Waals surface area contributed by atoms with Gasteiger partial charge in [-0.1, -0.05) is 24.3 Å². The SMILES string of the molecule is O=C(O)c1ccc(Cc2nc(-c3ccc(C(F)(F)F)cc3)cs2)cc1. The number of rotatable bonds is 4. The first-order valence-corrected chi connectivity index (χ1v) is 8.15. The highest BCUT2D eigenvalue weighted by Crippen LogP contribution is 2.31. The lowest BCUT2D eigenvalue weighted by Gasteiger charge is -2.06. The molecule has 3 rings (SSSR count). The number of nitrogens with zero attached hydrogens (tertiary/aromatic N) is 1. The highest BCUT2D eigenvalue weighted by Gasteiger charge is 2.30. The van der Waals surface area contributed by atoms with Crippen LogP contribution in [-0.2, 0) is 12.6 Å². The maximum absolute atomic E-state index is 12.6. The van der Waals surface area contributed by atoms with E-state index in [1.54, 1.807) is 17.5 Å². The Hall–Kier alpha value is -2.67. The summed E-state index contributed by atoms with van der Waals surface area (Å²) < 4.78 is 37.8. The second-order valence-electron chi connectivity index (χ2n) is 5.38. The normalized spacial score (nSPS) is 11.5. The molecule has 7 heteroatoms. The molecule has 0 atom stereocenters. The van der Waals surface area contributed by atoms with Gasteiger partial charge in [0.05, 0.1) is 21.8 Å². The minimum atomic E-state index is -4.35. The zero-order valence-corrected chi connectivity index (χ0v) is 13.6. The molecule has 0 spiro atoms. The standard InChI is InChI=1S/C18H12F3NO2S/c19-18(20,21)14-7-5-12(6-8-14)15-10-25-16(22-15)9-11-1-3-13(4-2-11)17(23)24/h1-8,10H,9H2,(H,23,24). The molecule has 1 N–H and O–H groups in total. The van der Waals surface area contributed by atoms with Crippen molar-refractivity contribution in [2.24, 2.45) is 0 Å². The van der Waals surface area contributed by atoms with Crippen molar-refractivity contribution < 1.29 is 23.1 Å². The molecule has 3 nitrogen and oxygen atoms in total. The van der Waals surface area contributed by atoms with Gasteiger partial charge in [0.2, 0.25) is 0 Å². The smallest absolute Gasteiger partial charge is 0.416 e. The van der Waals surface area contributed by atoms with Crippen molar-refractivity contribution in [3.8, 4) is 11.3 Å². The van der Waals surface area contributed by atoms with E-state index in [-0.39, 0.29) is 5.56 Å². The van der Waals surface area contributed by atoms with Crippen molar-refractivity contribution in [2.75, 3.05) is 0 Å². The van der Waals surface area contributed by atoms with E-state index in [1.165, 1.54) is 35.6 Å². The molecule has 0 unspecified atom stereocenters. The first kappa shape index (κ1) is 17.2. The number of benzene rings is 2. The molecule has 0 fully saturated rings. The minimum absolute atomic E-state index is 0.216. The lowest BCUT2D eigenvalue weighted by molar-refractivity contribution is -0.137. The summed E-state index contributed by atoms with van der Waals surface area (Å²) in [5.74, 6) is -0.981. The summed E-state index contributed by atoms with van der Waals surface area (Å²) in [7, 11) is 0. The zero-order chi connectivity index (χ0) is 18.0. The summed E-state index contributed by atoms with van der Waals surface area (Å²) in [6.07, 6.45) is -3.82. The number of carbonyl (C=O) groups is 1. The van der Waals surface area contributed by atoms with E-state index < -0.39 is 17.7 Å². The third kappa shape index (κ3) is 4.06. The zero-order valence-electron chi connectivity index (χ0n) is 12.7. The third-order valence-electron chi connectivity index (χ3n) is 3.62. The second kappa shape index (κ2) is 6.68. The van der Waals surface area contributed by atoms with Gasteiger partial charge < -0.3 is 5.11 Å². The highest BCUT2D eigenvalue weighted by molar-refractivity contribution is 7.10. The maximum atomic E-state index is 12.6. The highest BCUT2D eigenvalue weighted by atomic mass is 32.1. The topological polar surface area (TPSA) is 50.2 Å². The van der Waals surface area contributed by atoms with Gasteiger partial charge in [0, 0.05) is 17.4 Å². The van der Waals surface area contributed by atoms with E-state index in [9.17, 15) is 18.0 Å². The first-order valence-electron chi connectivity index (χ1n) is 7.27. The molecule has 0 aliphatic heterocycles. The molecule has 2 aromatic carbocycles. The van der Waals surface area contributed by atoms with Crippen LogP contribution in [0.2, 0.25) is 0 Å². The van der Waals surface area contributed by atoms with Crippen LogP contribution in [-0.4, -0.2) is 16.1 Å². The van der Waals surface area contributed by atoms with E-state index in [4.69, 9.17) is 5.11 Å². The van der Waals surface area contributed by atoms with Crippen LogP contribution >= 0.6 is 11.3 Å². The molecule has 0 radical (unpaired) electrons. The van der Waals surface area contributed by atoms with Gasteiger partial charge in [-0.15, -0.1) is 11.3 Å². The van der Waals surface area contributed by atoms with Gasteiger partial charge in [-0.3, -0.25) is 0 Å². The molecule has 0 saturated carbocycles. The van der Waals surface area contributed by atoms with E-state index in [2.05, 4.69) is 4.98 Å². The van der Waals surface area contributed by atoms with E-state index >= 15 is 0 Å². The number of hydrogen-bond acceptors (Lipinski definition) is 3. The van der Waals surface area contributed by atoms with E-state index in [0.29, 0.717) is 17.7 Å². The van der Waals surface area contributed by atoms with Crippen LogP contribution in [0.3, 0.4) is 0 Å². The molecular weight excluding hydrogens is 351 g/mol. The van der Waals surface area contributed by atoms with E-state index in [1.807, 2.05) is 0 Å². The van der Waals surface area contributed by atoms with Crippen LogP contribution in [0.25, 0.3) is 11.3 Å². The number of halogens is 3. The van der Waals surface area contributed by atoms with Crippen LogP contribution in [0.15, 0.2) is 53.9 Å². The molecule has 3 aromatic rings. The van der Waals surface area contributed by atoms with Crippen LogP contribution in [0, 0.1) is 0 Å². The van der Waals surface area contributed by atoms with Crippen LogP contribution in [0.5, 0.6) is 0 Å². The number of hydrogen-bond donors (Lipinski definition) is 1. The Bertz CT molecular complexity index is 884. The summed E-state index contributed by atoms with van der Waals surface area (Å²) in [6.45, 7) is 0. The Balaban J connectivity index is 1.75. The Labute approximate surface area is 145 Å². The maximum Gasteiger partial charge on any atom is 0.416 e. The number of carboxylic acid groups (broad SMARTS) is 1. The summed E-state index contributed by atoms with van der Waals surface area (Å²) in [6, 6.07) is 11.4. The van der Waals surface area contributed by atoms with Crippen molar-refractivity contribution in [1.29, 1.82) is 0 Å². The lowest BCUT2D eigenvalue weighted by atomic mass is 10.1. The van der Waals surface area contributed by atoms with Crippen molar-refractivity contribution in [3.05, 3.63) is 75.6 Å². The van der Waals surface area contributed by atoms with Gasteiger partial charge in [-0.2, -0.15) is 13.2 Å².